The molecule has 0 amide bonds. The molecule has 0 aliphatic heterocycles. The second-order valence-electron chi connectivity index (χ2n) is 3.99. The molecular formula is C12H15N3OS. The lowest BCUT2D eigenvalue weighted by Crippen LogP contribution is -2.00. The van der Waals surface area contributed by atoms with Gasteiger partial charge < -0.3 is 4.74 Å². The van der Waals surface area contributed by atoms with E-state index in [1.54, 1.807) is 7.11 Å². The van der Waals surface area contributed by atoms with Crippen LogP contribution in [0.25, 0.3) is 0 Å². The average molecular weight is 249 g/mol. The highest BCUT2D eigenvalue weighted by Gasteiger charge is 2.08. The van der Waals surface area contributed by atoms with Gasteiger partial charge in [0, 0.05) is 6.42 Å². The van der Waals surface area contributed by atoms with E-state index in [0.29, 0.717) is 10.7 Å². The van der Waals surface area contributed by atoms with Crippen LogP contribution >= 0.6 is 12.2 Å². The molecule has 2 N–H and O–H groups in total. The van der Waals surface area contributed by atoms with Crippen LogP contribution in [0, 0.1) is 4.77 Å². The van der Waals surface area contributed by atoms with Gasteiger partial charge in [0.25, 0.3) is 0 Å². The Morgan fingerprint density at radius 3 is 2.53 bits per heavy atom. The fraction of sp³-hybridized carbons (Fsp3) is 0.333. The SMILES string of the molecule is COc1ccc(C(C)Cc2nc(=S)[nH][nH]2)cc1. The minimum Gasteiger partial charge on any atom is -0.497 e. The van der Waals surface area contributed by atoms with Crippen LogP contribution in [0.5, 0.6) is 5.75 Å². The Morgan fingerprint density at radius 1 is 1.29 bits per heavy atom. The Labute approximate surface area is 105 Å². The number of methoxy groups -OCH3 is 1. The molecule has 17 heavy (non-hydrogen) atoms. The van der Waals surface area contributed by atoms with E-state index in [9.17, 15) is 0 Å². The molecule has 1 aromatic carbocycles. The summed E-state index contributed by atoms with van der Waals surface area (Å²) in [5, 5.41) is 5.77. The summed E-state index contributed by atoms with van der Waals surface area (Å²) in [6.45, 7) is 2.16. The molecular weight excluding hydrogens is 234 g/mol. The molecule has 1 heterocycles. The van der Waals surface area contributed by atoms with Crippen molar-refractivity contribution in [1.82, 2.24) is 15.2 Å². The Bertz CT molecular complexity index is 529. The highest BCUT2D eigenvalue weighted by molar-refractivity contribution is 7.71. The first kappa shape index (κ1) is 11.9. The van der Waals surface area contributed by atoms with E-state index >= 15 is 0 Å². The van der Waals surface area contributed by atoms with Crippen molar-refractivity contribution >= 4 is 12.2 Å². The first-order valence-corrected chi connectivity index (χ1v) is 5.87. The van der Waals surface area contributed by atoms with Gasteiger partial charge in [0.1, 0.15) is 11.6 Å². The maximum absolute atomic E-state index is 5.13. The molecule has 0 saturated carbocycles. The molecule has 2 rings (SSSR count). The molecule has 0 spiro atoms. The van der Waals surface area contributed by atoms with Gasteiger partial charge in [0.05, 0.1) is 7.11 Å². The van der Waals surface area contributed by atoms with Crippen LogP contribution in [0.15, 0.2) is 24.3 Å². The molecule has 0 aliphatic rings. The molecule has 0 saturated heterocycles. The van der Waals surface area contributed by atoms with Gasteiger partial charge >= 0.3 is 0 Å². The van der Waals surface area contributed by atoms with Gasteiger partial charge in [-0.25, -0.2) is 4.98 Å². The zero-order chi connectivity index (χ0) is 12.3. The summed E-state index contributed by atoms with van der Waals surface area (Å²) in [7, 11) is 1.67. The van der Waals surface area contributed by atoms with E-state index in [0.717, 1.165) is 18.0 Å². The monoisotopic (exact) mass is 249 g/mol. The zero-order valence-corrected chi connectivity index (χ0v) is 10.7. The molecule has 0 bridgehead atoms. The van der Waals surface area contributed by atoms with Crippen molar-refractivity contribution in [3.8, 4) is 5.75 Å². The van der Waals surface area contributed by atoms with Crippen molar-refractivity contribution in [1.29, 1.82) is 0 Å². The molecule has 0 fully saturated rings. The maximum Gasteiger partial charge on any atom is 0.213 e. The predicted molar refractivity (Wildman–Crippen MR) is 68.9 cm³/mol. The number of hydrogen-bond donors (Lipinski definition) is 2. The summed E-state index contributed by atoms with van der Waals surface area (Å²) in [5.74, 6) is 2.15. The highest BCUT2D eigenvalue weighted by atomic mass is 32.1. The number of nitrogens with zero attached hydrogens (tertiary/aromatic N) is 1. The second-order valence-corrected chi connectivity index (χ2v) is 4.38. The Kier molecular flexibility index (Phi) is 3.58. The van der Waals surface area contributed by atoms with Crippen LogP contribution in [-0.4, -0.2) is 22.3 Å². The van der Waals surface area contributed by atoms with Crippen LogP contribution in [0.1, 0.15) is 24.2 Å². The number of hydrogen-bond acceptors (Lipinski definition) is 3. The third kappa shape index (κ3) is 2.94. The van der Waals surface area contributed by atoms with E-state index in [1.165, 1.54) is 5.56 Å². The third-order valence-corrected chi connectivity index (χ3v) is 2.93. The lowest BCUT2D eigenvalue weighted by molar-refractivity contribution is 0.414. The van der Waals surface area contributed by atoms with Gasteiger partial charge in [-0.05, 0) is 35.8 Å². The van der Waals surface area contributed by atoms with Crippen LogP contribution in [0.4, 0.5) is 0 Å². The summed E-state index contributed by atoms with van der Waals surface area (Å²) < 4.78 is 5.64. The fourth-order valence-corrected chi connectivity index (χ4v) is 1.90. The van der Waals surface area contributed by atoms with Gasteiger partial charge in [0.2, 0.25) is 4.77 Å². The van der Waals surface area contributed by atoms with Crippen molar-refractivity contribution in [3.63, 3.8) is 0 Å². The lowest BCUT2D eigenvalue weighted by atomic mass is 9.97. The lowest BCUT2D eigenvalue weighted by Gasteiger charge is -2.10. The summed E-state index contributed by atoms with van der Waals surface area (Å²) in [5.41, 5.74) is 1.26. The van der Waals surface area contributed by atoms with Crippen LogP contribution in [-0.2, 0) is 6.42 Å². The standard InChI is InChI=1S/C12H15N3OS/c1-8(7-11-13-12(17)15-14-11)9-3-5-10(16-2)6-4-9/h3-6,8H,7H2,1-2H3,(H2,13,14,15,17). The minimum atomic E-state index is 0.384. The first-order valence-electron chi connectivity index (χ1n) is 5.46. The number of aromatic nitrogens is 3. The Morgan fingerprint density at radius 2 is 2.00 bits per heavy atom. The first-order chi connectivity index (χ1) is 8.19. The normalized spacial score (nSPS) is 12.4. The highest BCUT2D eigenvalue weighted by Crippen LogP contribution is 2.21. The zero-order valence-electron chi connectivity index (χ0n) is 9.86. The Balaban J connectivity index is 2.08. The van der Waals surface area contributed by atoms with Crippen molar-refractivity contribution in [2.75, 3.05) is 7.11 Å². The van der Waals surface area contributed by atoms with Crippen molar-refractivity contribution < 1.29 is 4.74 Å². The fourth-order valence-electron chi connectivity index (χ4n) is 1.74. The summed E-state index contributed by atoms with van der Waals surface area (Å²) in [6.07, 6.45) is 0.833. The van der Waals surface area contributed by atoms with E-state index in [1.807, 2.05) is 12.1 Å². The molecule has 5 heteroatoms. The molecule has 1 atom stereocenters. The summed E-state index contributed by atoms with van der Waals surface area (Å²) in [4.78, 5) is 4.19. The van der Waals surface area contributed by atoms with Gasteiger partial charge in [-0.2, -0.15) is 0 Å². The van der Waals surface area contributed by atoms with Crippen LogP contribution in [0.3, 0.4) is 0 Å². The molecule has 0 radical (unpaired) electrons. The van der Waals surface area contributed by atoms with E-state index < -0.39 is 0 Å². The van der Waals surface area contributed by atoms with Gasteiger partial charge in [-0.3, -0.25) is 10.2 Å². The van der Waals surface area contributed by atoms with Gasteiger partial charge in [0.15, 0.2) is 0 Å². The van der Waals surface area contributed by atoms with E-state index in [2.05, 4.69) is 34.2 Å². The molecule has 90 valence electrons. The quantitative estimate of drug-likeness (QED) is 0.819. The van der Waals surface area contributed by atoms with Gasteiger partial charge in [-0.1, -0.05) is 19.1 Å². The predicted octanol–water partition coefficient (Wildman–Crippen LogP) is 2.82. The van der Waals surface area contributed by atoms with Crippen molar-refractivity contribution in [2.45, 2.75) is 19.3 Å². The number of rotatable bonds is 4. The van der Waals surface area contributed by atoms with Crippen LogP contribution in [0.2, 0.25) is 0 Å². The maximum atomic E-state index is 5.13. The number of H-pyrrole nitrogens is 2. The Hall–Kier alpha value is -1.62. The number of benzene rings is 1. The molecule has 4 nitrogen and oxygen atoms in total. The smallest absolute Gasteiger partial charge is 0.213 e. The topological polar surface area (TPSA) is 53.7 Å². The van der Waals surface area contributed by atoms with Crippen molar-refractivity contribution in [3.05, 3.63) is 40.4 Å². The van der Waals surface area contributed by atoms with Crippen molar-refractivity contribution in [2.24, 2.45) is 0 Å². The molecule has 0 aliphatic carbocycles. The summed E-state index contributed by atoms with van der Waals surface area (Å²) >= 11 is 4.92. The molecule has 2 aromatic rings. The average Bonchev–Trinajstić information content (AvgIpc) is 2.75. The number of ether oxygens (including phenoxy) is 1. The van der Waals surface area contributed by atoms with E-state index in [4.69, 9.17) is 17.0 Å². The minimum absolute atomic E-state index is 0.384. The summed E-state index contributed by atoms with van der Waals surface area (Å²) in [6, 6.07) is 8.09. The number of nitrogens with one attached hydrogen (secondary N) is 2. The van der Waals surface area contributed by atoms with Gasteiger partial charge in [-0.15, -0.1) is 0 Å². The number of aromatic amines is 2. The largest absolute Gasteiger partial charge is 0.497 e. The molecule has 1 aromatic heterocycles. The second kappa shape index (κ2) is 5.14. The van der Waals surface area contributed by atoms with Crippen LogP contribution < -0.4 is 4.74 Å². The third-order valence-electron chi connectivity index (χ3n) is 2.73. The van der Waals surface area contributed by atoms with E-state index in [-0.39, 0.29) is 0 Å². The molecule has 1 unspecified atom stereocenters.